The number of hydrogen-bond acceptors (Lipinski definition) is 3. The average molecular weight is 296 g/mol. The Morgan fingerprint density at radius 2 is 2.05 bits per heavy atom. The number of carbonyl (C=O) groups is 1. The molecule has 2 aromatic carbocycles. The monoisotopic (exact) mass is 295 g/mol. The van der Waals surface area contributed by atoms with Crippen LogP contribution in [0.5, 0.6) is 5.75 Å². The third kappa shape index (κ3) is 3.00. The van der Waals surface area contributed by atoms with Crippen LogP contribution < -0.4 is 10.5 Å². The lowest BCUT2D eigenvalue weighted by Crippen LogP contribution is -2.05. The molecule has 0 saturated carbocycles. The van der Waals surface area contributed by atoms with Gasteiger partial charge < -0.3 is 15.6 Å². The fraction of sp³-hybridized carbons (Fsp3) is 0.0714. The molecule has 0 aliphatic carbocycles. The molecule has 4 nitrogen and oxygen atoms in total. The number of ether oxygens (including phenoxy) is 1. The summed E-state index contributed by atoms with van der Waals surface area (Å²) in [4.78, 5) is 10.8. The SMILES string of the molecule is Nc1cc(C(=O)O)c(F)cc1OCc1ccccc1Cl. The van der Waals surface area contributed by atoms with Gasteiger partial charge in [0, 0.05) is 16.7 Å². The summed E-state index contributed by atoms with van der Waals surface area (Å²) in [5.74, 6) is -2.21. The quantitative estimate of drug-likeness (QED) is 0.849. The lowest BCUT2D eigenvalue weighted by molar-refractivity contribution is 0.0692. The first kappa shape index (κ1) is 14.1. The van der Waals surface area contributed by atoms with Crippen molar-refractivity contribution < 1.29 is 19.0 Å². The number of benzene rings is 2. The third-order valence-electron chi connectivity index (χ3n) is 2.67. The van der Waals surface area contributed by atoms with Gasteiger partial charge in [-0.3, -0.25) is 0 Å². The summed E-state index contributed by atoms with van der Waals surface area (Å²) < 4.78 is 18.9. The highest BCUT2D eigenvalue weighted by atomic mass is 35.5. The van der Waals surface area contributed by atoms with E-state index >= 15 is 0 Å². The summed E-state index contributed by atoms with van der Waals surface area (Å²) in [5, 5.41) is 9.29. The van der Waals surface area contributed by atoms with Gasteiger partial charge in [0.05, 0.1) is 11.3 Å². The predicted octanol–water partition coefficient (Wildman–Crippen LogP) is 3.34. The Balaban J connectivity index is 2.21. The molecule has 0 aliphatic heterocycles. The number of nitrogen functional groups attached to an aromatic ring is 1. The minimum absolute atomic E-state index is 0.0517. The van der Waals surface area contributed by atoms with Gasteiger partial charge in [-0.2, -0.15) is 0 Å². The molecule has 6 heteroatoms. The second-order valence-electron chi connectivity index (χ2n) is 4.06. The molecular formula is C14H11ClFNO3. The van der Waals surface area contributed by atoms with Gasteiger partial charge in [-0.1, -0.05) is 29.8 Å². The van der Waals surface area contributed by atoms with Crippen molar-refractivity contribution >= 4 is 23.3 Å². The van der Waals surface area contributed by atoms with Crippen molar-refractivity contribution in [3.05, 3.63) is 58.4 Å². The Morgan fingerprint density at radius 1 is 1.35 bits per heavy atom. The van der Waals surface area contributed by atoms with Gasteiger partial charge in [0.25, 0.3) is 0 Å². The summed E-state index contributed by atoms with van der Waals surface area (Å²) in [7, 11) is 0. The first-order valence-corrected chi connectivity index (χ1v) is 6.05. The van der Waals surface area contributed by atoms with Crippen LogP contribution in [-0.2, 0) is 6.61 Å². The van der Waals surface area contributed by atoms with E-state index < -0.39 is 17.3 Å². The van der Waals surface area contributed by atoms with Gasteiger partial charge in [0.1, 0.15) is 18.2 Å². The standard InChI is InChI=1S/C14H11ClFNO3/c15-10-4-2-1-3-8(10)7-20-13-6-11(16)9(14(18)19)5-12(13)17/h1-6H,7,17H2,(H,18,19). The van der Waals surface area contributed by atoms with Crippen LogP contribution in [-0.4, -0.2) is 11.1 Å². The molecule has 0 unspecified atom stereocenters. The number of carboxylic acids is 1. The van der Waals surface area contributed by atoms with Crippen molar-refractivity contribution in [3.63, 3.8) is 0 Å². The molecule has 0 bridgehead atoms. The number of hydrogen-bond donors (Lipinski definition) is 2. The van der Waals surface area contributed by atoms with Crippen LogP contribution >= 0.6 is 11.6 Å². The predicted molar refractivity (Wildman–Crippen MR) is 73.6 cm³/mol. The normalized spacial score (nSPS) is 10.3. The number of carboxylic acid groups (broad SMARTS) is 1. The Bertz CT molecular complexity index is 661. The van der Waals surface area contributed by atoms with E-state index in [1.165, 1.54) is 0 Å². The van der Waals surface area contributed by atoms with Crippen LogP contribution in [0.15, 0.2) is 36.4 Å². The lowest BCUT2D eigenvalue weighted by atomic mass is 10.1. The Kier molecular flexibility index (Phi) is 4.10. The third-order valence-corrected chi connectivity index (χ3v) is 3.04. The smallest absolute Gasteiger partial charge is 0.338 e. The van der Waals surface area contributed by atoms with Gasteiger partial charge in [0.2, 0.25) is 0 Å². The maximum atomic E-state index is 13.5. The lowest BCUT2D eigenvalue weighted by Gasteiger charge is -2.11. The molecule has 0 amide bonds. The topological polar surface area (TPSA) is 72.6 Å². The molecule has 0 aromatic heterocycles. The number of anilines is 1. The van der Waals surface area contributed by atoms with Crippen molar-refractivity contribution in [3.8, 4) is 5.75 Å². The molecule has 104 valence electrons. The van der Waals surface area contributed by atoms with Crippen LogP contribution in [0.2, 0.25) is 5.02 Å². The maximum absolute atomic E-state index is 13.5. The van der Waals surface area contributed by atoms with E-state index in [9.17, 15) is 9.18 Å². The molecule has 2 rings (SSSR count). The zero-order valence-electron chi connectivity index (χ0n) is 10.3. The first-order chi connectivity index (χ1) is 9.49. The fourth-order valence-corrected chi connectivity index (χ4v) is 1.82. The van der Waals surface area contributed by atoms with Crippen LogP contribution in [0.4, 0.5) is 10.1 Å². The van der Waals surface area contributed by atoms with Crippen LogP contribution in [0, 0.1) is 5.82 Å². The Labute approximate surface area is 119 Å². The minimum atomic E-state index is -1.38. The molecule has 2 aromatic rings. The van der Waals surface area contributed by atoms with Crippen molar-refractivity contribution in [2.75, 3.05) is 5.73 Å². The van der Waals surface area contributed by atoms with E-state index in [2.05, 4.69) is 0 Å². The molecule has 0 saturated heterocycles. The van der Waals surface area contributed by atoms with E-state index in [-0.39, 0.29) is 18.0 Å². The van der Waals surface area contributed by atoms with E-state index in [4.69, 9.17) is 27.2 Å². The van der Waals surface area contributed by atoms with E-state index in [1.807, 2.05) is 0 Å². The molecule has 0 atom stereocenters. The zero-order valence-corrected chi connectivity index (χ0v) is 11.0. The molecular weight excluding hydrogens is 285 g/mol. The van der Waals surface area contributed by atoms with Gasteiger partial charge in [-0.25, -0.2) is 9.18 Å². The highest BCUT2D eigenvalue weighted by Gasteiger charge is 2.14. The van der Waals surface area contributed by atoms with E-state index in [0.29, 0.717) is 5.02 Å². The van der Waals surface area contributed by atoms with Crippen LogP contribution in [0.1, 0.15) is 15.9 Å². The summed E-state index contributed by atoms with van der Waals surface area (Å²) in [6.45, 7) is 0.107. The number of rotatable bonds is 4. The summed E-state index contributed by atoms with van der Waals surface area (Å²) in [5.41, 5.74) is 5.92. The summed E-state index contributed by atoms with van der Waals surface area (Å²) in [6, 6.07) is 9.02. The molecule has 0 spiro atoms. The van der Waals surface area contributed by atoms with Crippen LogP contribution in [0.3, 0.4) is 0 Å². The van der Waals surface area contributed by atoms with E-state index in [1.54, 1.807) is 24.3 Å². The number of nitrogens with two attached hydrogens (primary N) is 1. The van der Waals surface area contributed by atoms with Gasteiger partial charge in [0.15, 0.2) is 0 Å². The largest absolute Gasteiger partial charge is 0.487 e. The van der Waals surface area contributed by atoms with Gasteiger partial charge in [-0.05, 0) is 12.1 Å². The summed E-state index contributed by atoms with van der Waals surface area (Å²) >= 11 is 5.97. The van der Waals surface area contributed by atoms with Crippen molar-refractivity contribution in [2.24, 2.45) is 0 Å². The van der Waals surface area contributed by atoms with Gasteiger partial charge >= 0.3 is 5.97 Å². The minimum Gasteiger partial charge on any atom is -0.487 e. The average Bonchev–Trinajstić information content (AvgIpc) is 2.40. The molecule has 20 heavy (non-hydrogen) atoms. The number of aromatic carboxylic acids is 1. The second-order valence-corrected chi connectivity index (χ2v) is 4.46. The van der Waals surface area contributed by atoms with Crippen molar-refractivity contribution in [2.45, 2.75) is 6.61 Å². The Hall–Kier alpha value is -2.27. The van der Waals surface area contributed by atoms with Crippen molar-refractivity contribution in [1.82, 2.24) is 0 Å². The van der Waals surface area contributed by atoms with E-state index in [0.717, 1.165) is 17.7 Å². The molecule has 0 aliphatic rings. The highest BCUT2D eigenvalue weighted by Crippen LogP contribution is 2.27. The number of halogens is 2. The molecule has 0 fully saturated rings. The first-order valence-electron chi connectivity index (χ1n) is 5.67. The van der Waals surface area contributed by atoms with Crippen LogP contribution in [0.25, 0.3) is 0 Å². The molecule has 0 heterocycles. The zero-order chi connectivity index (χ0) is 14.7. The second kappa shape index (κ2) is 5.79. The molecule has 0 radical (unpaired) electrons. The summed E-state index contributed by atoms with van der Waals surface area (Å²) in [6.07, 6.45) is 0. The fourth-order valence-electron chi connectivity index (χ4n) is 1.63. The Morgan fingerprint density at radius 3 is 2.70 bits per heavy atom. The maximum Gasteiger partial charge on any atom is 0.338 e. The highest BCUT2D eigenvalue weighted by molar-refractivity contribution is 6.31. The van der Waals surface area contributed by atoms with Gasteiger partial charge in [-0.15, -0.1) is 0 Å². The molecule has 3 N–H and O–H groups in total. The van der Waals surface area contributed by atoms with Crippen molar-refractivity contribution in [1.29, 1.82) is 0 Å².